The number of halogens is 1. The monoisotopic (exact) mass is 981 g/mol. The summed E-state index contributed by atoms with van der Waals surface area (Å²) < 4.78 is 43.6. The van der Waals surface area contributed by atoms with Crippen LogP contribution < -0.4 is 9.47 Å². The molecular weight excluding hydrogens is 910 g/mol. The zero-order valence-corrected chi connectivity index (χ0v) is 40.3. The number of esters is 2. The van der Waals surface area contributed by atoms with Crippen molar-refractivity contribution in [1.29, 1.82) is 0 Å². The predicted molar refractivity (Wildman–Crippen MR) is 249 cm³/mol. The Kier molecular flexibility index (Phi) is 24.4. The van der Waals surface area contributed by atoms with Gasteiger partial charge in [-0.1, -0.05) is 89.0 Å². The molecule has 382 valence electrons. The minimum atomic E-state index is -2.27. The van der Waals surface area contributed by atoms with E-state index in [2.05, 4.69) is 24.1 Å². The number of hydrogen-bond donors (Lipinski definition) is 7. The number of allylic oxidation sites excluding steroid dienone is 2. The van der Waals surface area contributed by atoms with Crippen LogP contribution in [-0.2, 0) is 33.3 Å². The van der Waals surface area contributed by atoms with Crippen LogP contribution in [0.4, 0.5) is 0 Å². The molecule has 0 aliphatic carbocycles. The summed E-state index contributed by atoms with van der Waals surface area (Å²) in [5.41, 5.74) is 1.20. The molecule has 18 nitrogen and oxygen atoms in total. The van der Waals surface area contributed by atoms with E-state index in [1.165, 1.54) is 38.5 Å². The first-order chi connectivity index (χ1) is 32.7. The lowest BCUT2D eigenvalue weighted by Gasteiger charge is -2.43. The molecular formula is C49H72ClNO17. The number of hydrogen-bond acceptors (Lipinski definition) is 18. The van der Waals surface area contributed by atoms with Crippen molar-refractivity contribution >= 4 is 34.6 Å². The van der Waals surface area contributed by atoms with Gasteiger partial charge in [0, 0.05) is 11.1 Å². The van der Waals surface area contributed by atoms with Crippen molar-refractivity contribution in [3.63, 3.8) is 0 Å². The fourth-order valence-electron chi connectivity index (χ4n) is 7.60. The van der Waals surface area contributed by atoms with E-state index < -0.39 is 98.6 Å². The van der Waals surface area contributed by atoms with E-state index in [9.17, 15) is 45.3 Å². The number of unbranched alkanes of at least 4 members (excludes halogenated alkanes) is 10. The summed E-state index contributed by atoms with van der Waals surface area (Å²) in [6.07, 6.45) is 5.54. The van der Waals surface area contributed by atoms with Crippen molar-refractivity contribution in [2.75, 3.05) is 26.4 Å². The Labute approximate surface area is 403 Å². The molecule has 1 aromatic heterocycles. The smallest absolute Gasteiger partial charge is 0.400 e. The van der Waals surface area contributed by atoms with Crippen LogP contribution in [0.15, 0.2) is 59.0 Å². The minimum absolute atomic E-state index is 0.117. The Balaban J connectivity index is 0.000000339. The zero-order chi connectivity index (χ0) is 49.6. The molecule has 11 atom stereocenters. The average Bonchev–Trinajstić information content (AvgIpc) is 3.85. The maximum atomic E-state index is 13.0. The van der Waals surface area contributed by atoms with Crippen LogP contribution in [0.3, 0.4) is 0 Å². The minimum Gasteiger partial charge on any atom is -0.479 e. The number of oxazole rings is 1. The number of aliphatic hydroxyl groups is 7. The van der Waals surface area contributed by atoms with Crippen LogP contribution in [0.2, 0.25) is 5.02 Å². The van der Waals surface area contributed by atoms with Crippen LogP contribution in [0.25, 0.3) is 11.1 Å². The highest BCUT2D eigenvalue weighted by Crippen LogP contribution is 2.38. The second kappa shape index (κ2) is 29.3. The third-order valence-corrected chi connectivity index (χ3v) is 11.9. The van der Waals surface area contributed by atoms with E-state index >= 15 is 0 Å². The van der Waals surface area contributed by atoms with Gasteiger partial charge in [0.1, 0.15) is 60.2 Å². The van der Waals surface area contributed by atoms with Crippen molar-refractivity contribution in [3.05, 3.63) is 59.6 Å². The van der Waals surface area contributed by atoms with Crippen LogP contribution in [0.1, 0.15) is 111 Å². The average molecular weight is 983 g/mol. The highest BCUT2D eigenvalue weighted by molar-refractivity contribution is 6.31. The van der Waals surface area contributed by atoms with E-state index in [1.807, 2.05) is 0 Å². The fourth-order valence-corrected chi connectivity index (χ4v) is 7.76. The van der Waals surface area contributed by atoms with Crippen molar-refractivity contribution in [2.24, 2.45) is 5.92 Å². The highest BCUT2D eigenvalue weighted by atomic mass is 35.5. The third kappa shape index (κ3) is 16.9. The Morgan fingerprint density at radius 2 is 1.41 bits per heavy atom. The number of nitrogens with zero attached hydrogens (tertiary/aromatic N) is 1. The van der Waals surface area contributed by atoms with E-state index in [1.54, 1.807) is 63.2 Å². The molecule has 0 radical (unpaired) electrons. The molecule has 0 bridgehead atoms. The second-order valence-electron chi connectivity index (χ2n) is 17.1. The van der Waals surface area contributed by atoms with Crippen molar-refractivity contribution in [3.8, 4) is 17.6 Å². The van der Waals surface area contributed by atoms with Gasteiger partial charge >= 0.3 is 18.0 Å². The van der Waals surface area contributed by atoms with Crippen LogP contribution in [0.5, 0.6) is 17.6 Å². The predicted octanol–water partition coefficient (Wildman–Crippen LogP) is 6.04. The number of aliphatic hydroxyl groups excluding tert-OH is 7. The molecule has 19 heteroatoms. The number of aromatic nitrogens is 1. The molecule has 0 amide bonds. The molecule has 2 aliphatic heterocycles. The molecule has 3 aromatic rings. The maximum absolute atomic E-state index is 13.0. The molecule has 2 aliphatic rings. The van der Waals surface area contributed by atoms with E-state index in [4.69, 9.17) is 49.2 Å². The molecule has 1 unspecified atom stereocenters. The first-order valence-electron chi connectivity index (χ1n) is 23.8. The van der Waals surface area contributed by atoms with Gasteiger partial charge in [0.2, 0.25) is 5.79 Å². The quantitative estimate of drug-likeness (QED) is 0.0261. The van der Waals surface area contributed by atoms with Gasteiger partial charge in [-0.25, -0.2) is 4.79 Å². The lowest BCUT2D eigenvalue weighted by atomic mass is 9.98. The lowest BCUT2D eigenvalue weighted by molar-refractivity contribution is -0.384. The Morgan fingerprint density at radius 1 is 0.779 bits per heavy atom. The summed E-state index contributed by atoms with van der Waals surface area (Å²) in [6.45, 7) is 5.22. The molecule has 0 spiro atoms. The van der Waals surface area contributed by atoms with Crippen molar-refractivity contribution in [1.82, 2.24) is 4.98 Å². The summed E-state index contributed by atoms with van der Waals surface area (Å²) in [4.78, 5) is 28.8. The number of rotatable bonds is 27. The van der Waals surface area contributed by atoms with E-state index in [0.29, 0.717) is 40.6 Å². The van der Waals surface area contributed by atoms with Crippen molar-refractivity contribution in [2.45, 2.75) is 172 Å². The first kappa shape index (κ1) is 56.7. The van der Waals surface area contributed by atoms with E-state index in [0.717, 1.165) is 38.5 Å². The molecule has 68 heavy (non-hydrogen) atoms. The molecule has 2 fully saturated rings. The van der Waals surface area contributed by atoms with Gasteiger partial charge < -0.3 is 73.3 Å². The Hall–Kier alpha value is -3.92. The van der Waals surface area contributed by atoms with Gasteiger partial charge in [0.15, 0.2) is 24.1 Å². The first-order valence-corrected chi connectivity index (χ1v) is 24.2. The molecule has 2 aromatic carbocycles. The van der Waals surface area contributed by atoms with Gasteiger partial charge in [0.05, 0.1) is 25.7 Å². The SMILES string of the molecule is CCCCCCCC/C=C\CCCCCCC(C)C(=O)O[C@H]1[C@H](O)[C@@H](CO)O[C@@]1(CO)O[C@H]1O[C@H](CO)[C@@H](O)[C@H](O)[C@H]1O.CCOC(=O)[C@@H](C)Oc1ccc(Oc2nc3ccc(Cl)cc3o2)cc1. The van der Waals surface area contributed by atoms with Gasteiger partial charge in [-0.15, -0.1) is 0 Å². The second-order valence-corrected chi connectivity index (χ2v) is 17.5. The Morgan fingerprint density at radius 3 is 2.04 bits per heavy atom. The summed E-state index contributed by atoms with van der Waals surface area (Å²) in [6, 6.07) is 11.9. The van der Waals surface area contributed by atoms with Gasteiger partial charge in [0.25, 0.3) is 0 Å². The van der Waals surface area contributed by atoms with Crippen molar-refractivity contribution < 1.29 is 82.9 Å². The van der Waals surface area contributed by atoms with Gasteiger partial charge in [-0.05, 0) is 82.3 Å². The summed E-state index contributed by atoms with van der Waals surface area (Å²) in [5.74, 6) is -2.84. The largest absolute Gasteiger partial charge is 0.479 e. The molecule has 7 N–H and O–H groups in total. The number of ether oxygens (including phenoxy) is 7. The number of benzene rings is 2. The highest BCUT2D eigenvalue weighted by Gasteiger charge is 2.61. The van der Waals surface area contributed by atoms with Crippen LogP contribution >= 0.6 is 11.6 Å². The number of carbonyl (C=O) groups excluding carboxylic acids is 2. The molecule has 0 saturated carbocycles. The number of carbonyl (C=O) groups is 2. The zero-order valence-electron chi connectivity index (χ0n) is 39.5. The summed E-state index contributed by atoms with van der Waals surface area (Å²) >= 11 is 5.91. The lowest BCUT2D eigenvalue weighted by Crippen LogP contribution is -2.63. The normalized spacial score (nSPS) is 25.7. The Bertz CT molecular complexity index is 1950. The molecule has 5 rings (SSSR count). The molecule has 2 saturated heterocycles. The maximum Gasteiger partial charge on any atom is 0.400 e. The third-order valence-electron chi connectivity index (χ3n) is 11.6. The van der Waals surface area contributed by atoms with Crippen LogP contribution in [0, 0.1) is 5.92 Å². The van der Waals surface area contributed by atoms with Crippen LogP contribution in [-0.4, -0.2) is 140 Å². The topological polar surface area (TPSA) is 266 Å². The van der Waals surface area contributed by atoms with Gasteiger partial charge in [-0.3, -0.25) is 4.79 Å². The summed E-state index contributed by atoms with van der Waals surface area (Å²) in [5, 5.41) is 71.2. The number of fused-ring (bicyclic) bond motifs is 1. The fraction of sp³-hybridized carbons (Fsp3) is 0.653. The summed E-state index contributed by atoms with van der Waals surface area (Å²) in [7, 11) is 0. The molecule has 3 heterocycles. The van der Waals surface area contributed by atoms with Gasteiger partial charge in [-0.2, -0.15) is 4.98 Å². The van der Waals surface area contributed by atoms with E-state index in [-0.39, 0.29) is 6.08 Å². The standard InChI is InChI=1S/C31H56O12.C18H16ClNO5/c1-3-4-5-6-7-8-9-10-11-12-13-14-15-16-17-21(2)29(39)41-28-25(36)23(19-33)42-31(28,20-34)43-30-27(38)26(37)24(35)22(18-32)40-30;1-3-22-17(21)11(2)23-13-5-7-14(8-6-13)24-18-20-15-9-4-12(19)10-16(15)25-18/h10-11,21-28,30,32-38H,3-9,12-20H2,1-2H3;4-11H,3H2,1-2H3/b11-10-;/t21?,22-,23-,24-,25-,26+,27-,28+,30-,31+;11-/m11/s1.